The van der Waals surface area contributed by atoms with Gasteiger partial charge in [-0.1, -0.05) is 12.1 Å². The number of carbonyl (C=O) groups is 1. The Morgan fingerprint density at radius 3 is 2.93 bits per heavy atom. The third kappa shape index (κ3) is 3.25. The first-order valence-electron chi connectivity index (χ1n) is 4.75. The highest BCUT2D eigenvalue weighted by molar-refractivity contribution is 5.80. The number of hydrogen-bond donors (Lipinski definition) is 2. The van der Waals surface area contributed by atoms with E-state index in [1.807, 2.05) is 0 Å². The molecule has 1 aromatic rings. The van der Waals surface area contributed by atoms with Gasteiger partial charge in [0.25, 0.3) is 5.91 Å². The van der Waals surface area contributed by atoms with Crippen LogP contribution in [0.3, 0.4) is 0 Å². The van der Waals surface area contributed by atoms with Gasteiger partial charge in [-0.15, -0.1) is 0 Å². The molecule has 0 saturated carbocycles. The summed E-state index contributed by atoms with van der Waals surface area (Å²) in [4.78, 5) is 11.2. The van der Waals surface area contributed by atoms with E-state index in [4.69, 9.17) is 9.84 Å². The first-order chi connectivity index (χ1) is 7.17. The van der Waals surface area contributed by atoms with E-state index in [0.717, 1.165) is 5.56 Å². The second-order valence-electron chi connectivity index (χ2n) is 3.18. The normalized spacial score (nSPS) is 11.9. The van der Waals surface area contributed by atoms with Crippen molar-refractivity contribution in [3.63, 3.8) is 0 Å². The van der Waals surface area contributed by atoms with Gasteiger partial charge in [-0.2, -0.15) is 0 Å². The summed E-state index contributed by atoms with van der Waals surface area (Å²) < 4.78 is 5.39. The van der Waals surface area contributed by atoms with Gasteiger partial charge in [-0.25, -0.2) is 0 Å². The molecule has 0 aliphatic carbocycles. The highest BCUT2D eigenvalue weighted by Crippen LogP contribution is 2.14. The van der Waals surface area contributed by atoms with E-state index >= 15 is 0 Å². The zero-order chi connectivity index (χ0) is 11.3. The number of carbonyl (C=O) groups excluding carboxylic acids is 1. The number of likely N-dealkylation sites (N-methyl/N-ethyl adjacent to an activating group) is 1. The fraction of sp³-hybridized carbons (Fsp3) is 0.364. The number of benzene rings is 1. The van der Waals surface area contributed by atoms with Gasteiger partial charge in [0.2, 0.25) is 0 Å². The van der Waals surface area contributed by atoms with Crippen LogP contribution in [0, 0.1) is 0 Å². The fourth-order valence-electron chi connectivity index (χ4n) is 1.18. The van der Waals surface area contributed by atoms with Gasteiger partial charge in [0.15, 0.2) is 6.10 Å². The van der Waals surface area contributed by atoms with Crippen molar-refractivity contribution < 1.29 is 14.6 Å². The smallest absolute Gasteiger partial charge is 0.260 e. The summed E-state index contributed by atoms with van der Waals surface area (Å²) in [6.45, 7) is 1.63. The molecule has 1 aromatic carbocycles. The molecule has 4 heteroatoms. The SMILES string of the molecule is CNC(=O)C(C)Oc1cccc(CO)c1. The minimum absolute atomic E-state index is 0.0362. The first kappa shape index (κ1) is 11.5. The zero-order valence-corrected chi connectivity index (χ0v) is 8.86. The average Bonchev–Trinajstić information content (AvgIpc) is 2.28. The molecule has 2 N–H and O–H groups in total. The molecule has 0 radical (unpaired) electrons. The molecular weight excluding hydrogens is 194 g/mol. The van der Waals surface area contributed by atoms with Gasteiger partial charge in [0, 0.05) is 7.05 Å². The predicted molar refractivity (Wildman–Crippen MR) is 56.5 cm³/mol. The van der Waals surface area contributed by atoms with Crippen LogP contribution in [-0.2, 0) is 11.4 Å². The van der Waals surface area contributed by atoms with Crippen LogP contribution >= 0.6 is 0 Å². The van der Waals surface area contributed by atoms with Crippen LogP contribution in [0.4, 0.5) is 0 Å². The summed E-state index contributed by atoms with van der Waals surface area (Å²) in [5.74, 6) is 0.405. The quantitative estimate of drug-likeness (QED) is 0.767. The molecule has 82 valence electrons. The number of amides is 1. The third-order valence-electron chi connectivity index (χ3n) is 2.01. The fourth-order valence-corrected chi connectivity index (χ4v) is 1.18. The summed E-state index contributed by atoms with van der Waals surface area (Å²) in [5, 5.41) is 11.4. The Morgan fingerprint density at radius 1 is 1.60 bits per heavy atom. The van der Waals surface area contributed by atoms with Crippen molar-refractivity contribution in [2.75, 3.05) is 7.05 Å². The van der Waals surface area contributed by atoms with Crippen molar-refractivity contribution in [3.05, 3.63) is 29.8 Å². The lowest BCUT2D eigenvalue weighted by Gasteiger charge is -2.13. The number of aliphatic hydroxyl groups is 1. The maximum atomic E-state index is 11.2. The molecule has 15 heavy (non-hydrogen) atoms. The van der Waals surface area contributed by atoms with E-state index in [1.54, 1.807) is 38.2 Å². The summed E-state index contributed by atoms with van der Waals surface area (Å²) >= 11 is 0. The Kier molecular flexibility index (Phi) is 4.12. The van der Waals surface area contributed by atoms with Gasteiger partial charge in [-0.3, -0.25) is 4.79 Å². The summed E-state index contributed by atoms with van der Waals surface area (Å²) in [7, 11) is 1.56. The molecular formula is C11H15NO3. The maximum absolute atomic E-state index is 11.2. The van der Waals surface area contributed by atoms with Crippen LogP contribution in [0.2, 0.25) is 0 Å². The van der Waals surface area contributed by atoms with Crippen molar-refractivity contribution in [1.82, 2.24) is 5.32 Å². The van der Waals surface area contributed by atoms with Gasteiger partial charge in [0.1, 0.15) is 5.75 Å². The molecule has 0 bridgehead atoms. The molecule has 4 nitrogen and oxygen atoms in total. The molecule has 0 aromatic heterocycles. The Hall–Kier alpha value is -1.55. The second kappa shape index (κ2) is 5.36. The van der Waals surface area contributed by atoms with E-state index in [2.05, 4.69) is 5.32 Å². The number of nitrogens with one attached hydrogen (secondary N) is 1. The highest BCUT2D eigenvalue weighted by atomic mass is 16.5. The van der Waals surface area contributed by atoms with E-state index in [9.17, 15) is 4.79 Å². The molecule has 1 amide bonds. The molecule has 0 saturated heterocycles. The molecule has 0 spiro atoms. The van der Waals surface area contributed by atoms with Crippen LogP contribution in [0.1, 0.15) is 12.5 Å². The van der Waals surface area contributed by atoms with Crippen LogP contribution in [0.25, 0.3) is 0 Å². The molecule has 0 aliphatic heterocycles. The van der Waals surface area contributed by atoms with Crippen molar-refractivity contribution in [2.24, 2.45) is 0 Å². The molecule has 0 fully saturated rings. The average molecular weight is 209 g/mol. The number of ether oxygens (including phenoxy) is 1. The minimum atomic E-state index is -0.538. The van der Waals surface area contributed by atoms with Crippen LogP contribution in [-0.4, -0.2) is 24.2 Å². The highest BCUT2D eigenvalue weighted by Gasteiger charge is 2.12. The lowest BCUT2D eigenvalue weighted by Crippen LogP contribution is -2.33. The largest absolute Gasteiger partial charge is 0.481 e. The van der Waals surface area contributed by atoms with Crippen LogP contribution in [0.15, 0.2) is 24.3 Å². The van der Waals surface area contributed by atoms with E-state index < -0.39 is 6.10 Å². The third-order valence-corrected chi connectivity index (χ3v) is 2.01. The summed E-state index contributed by atoms with van der Waals surface area (Å²) in [5.41, 5.74) is 0.761. The van der Waals surface area contributed by atoms with Gasteiger partial charge < -0.3 is 15.2 Å². The Bertz CT molecular complexity index is 338. The van der Waals surface area contributed by atoms with Crippen LogP contribution in [0.5, 0.6) is 5.75 Å². The zero-order valence-electron chi connectivity index (χ0n) is 8.86. The Labute approximate surface area is 88.9 Å². The van der Waals surface area contributed by atoms with Crippen molar-refractivity contribution in [1.29, 1.82) is 0 Å². The van der Waals surface area contributed by atoms with Crippen LogP contribution < -0.4 is 10.1 Å². The first-order valence-corrected chi connectivity index (χ1v) is 4.75. The van der Waals surface area contributed by atoms with E-state index in [0.29, 0.717) is 5.75 Å². The number of hydrogen-bond acceptors (Lipinski definition) is 3. The molecule has 0 heterocycles. The van der Waals surface area contributed by atoms with Crippen molar-refractivity contribution >= 4 is 5.91 Å². The monoisotopic (exact) mass is 209 g/mol. The summed E-state index contributed by atoms with van der Waals surface area (Å²) in [6, 6.07) is 7.02. The predicted octanol–water partition coefficient (Wildman–Crippen LogP) is 0.692. The van der Waals surface area contributed by atoms with Gasteiger partial charge in [-0.05, 0) is 24.6 Å². The van der Waals surface area contributed by atoms with Gasteiger partial charge in [0.05, 0.1) is 6.61 Å². The minimum Gasteiger partial charge on any atom is -0.481 e. The molecule has 1 atom stereocenters. The number of aliphatic hydroxyl groups excluding tert-OH is 1. The number of rotatable bonds is 4. The van der Waals surface area contributed by atoms with E-state index in [1.165, 1.54) is 0 Å². The maximum Gasteiger partial charge on any atom is 0.260 e. The van der Waals surface area contributed by atoms with Gasteiger partial charge >= 0.3 is 0 Å². The standard InChI is InChI=1S/C11H15NO3/c1-8(11(14)12-2)15-10-5-3-4-9(6-10)7-13/h3-6,8,13H,7H2,1-2H3,(H,12,14). The lowest BCUT2D eigenvalue weighted by atomic mass is 10.2. The molecule has 1 rings (SSSR count). The summed E-state index contributed by atoms with van der Waals surface area (Å²) in [6.07, 6.45) is -0.538. The Morgan fingerprint density at radius 2 is 2.33 bits per heavy atom. The molecule has 1 unspecified atom stereocenters. The van der Waals surface area contributed by atoms with Crippen molar-refractivity contribution in [3.8, 4) is 5.75 Å². The molecule has 0 aliphatic rings. The van der Waals surface area contributed by atoms with E-state index in [-0.39, 0.29) is 12.5 Å². The topological polar surface area (TPSA) is 58.6 Å². The second-order valence-corrected chi connectivity index (χ2v) is 3.18. The lowest BCUT2D eigenvalue weighted by molar-refractivity contribution is -0.126. The Balaban J connectivity index is 2.67. The van der Waals surface area contributed by atoms with Crippen molar-refractivity contribution in [2.45, 2.75) is 19.6 Å².